The Morgan fingerprint density at radius 2 is 2.00 bits per heavy atom. The standard InChI is InChI=1S/C23H21N7O5S/c1-28-20-19(21(32)26-22(28)33)29(11-10-15-6-3-2-4-7-15)23(25-20)36-14-18(31)27-24-13-16-8-5-9-17(12-16)30(34)35/h2-9,12-13H,10-11,14H2,1H3,(H,27,31)(H,26,32,33)/b24-13-. The van der Waals surface area contributed by atoms with Crippen LogP contribution in [0.5, 0.6) is 0 Å². The van der Waals surface area contributed by atoms with Crippen LogP contribution in [-0.2, 0) is 24.8 Å². The number of hydrazone groups is 1. The molecule has 0 bridgehead atoms. The number of carbonyl (C=O) groups is 1. The van der Waals surface area contributed by atoms with Crippen LogP contribution in [0.3, 0.4) is 0 Å². The Kier molecular flexibility index (Phi) is 7.39. The Morgan fingerprint density at radius 1 is 1.22 bits per heavy atom. The van der Waals surface area contributed by atoms with Gasteiger partial charge in [-0.2, -0.15) is 5.10 Å². The summed E-state index contributed by atoms with van der Waals surface area (Å²) in [5.74, 6) is -0.501. The van der Waals surface area contributed by atoms with Crippen molar-refractivity contribution in [1.82, 2.24) is 24.5 Å². The minimum absolute atomic E-state index is 0.0627. The Bertz CT molecular complexity index is 1570. The molecular formula is C23H21N7O5S. The van der Waals surface area contributed by atoms with E-state index < -0.39 is 22.1 Å². The number of nitro groups is 1. The number of aromatic nitrogens is 4. The van der Waals surface area contributed by atoms with Crippen LogP contribution in [0.4, 0.5) is 5.69 Å². The normalized spacial score (nSPS) is 11.2. The van der Waals surface area contributed by atoms with E-state index >= 15 is 0 Å². The molecule has 0 aliphatic rings. The zero-order chi connectivity index (χ0) is 25.7. The number of aromatic amines is 1. The van der Waals surface area contributed by atoms with Crippen LogP contribution in [-0.4, -0.2) is 41.9 Å². The number of nitro benzene ring substituents is 1. The fraction of sp³-hybridized carbons (Fsp3) is 0.174. The van der Waals surface area contributed by atoms with Gasteiger partial charge in [-0.25, -0.2) is 15.2 Å². The van der Waals surface area contributed by atoms with Gasteiger partial charge in [0.05, 0.1) is 16.9 Å². The average Bonchev–Trinajstić information content (AvgIpc) is 3.25. The maximum absolute atomic E-state index is 12.6. The molecule has 4 rings (SSSR count). The molecule has 1 amide bonds. The Morgan fingerprint density at radius 3 is 2.75 bits per heavy atom. The van der Waals surface area contributed by atoms with Gasteiger partial charge in [0.15, 0.2) is 16.3 Å². The number of benzene rings is 2. The highest BCUT2D eigenvalue weighted by Crippen LogP contribution is 2.22. The van der Waals surface area contributed by atoms with Crippen LogP contribution in [0, 0.1) is 10.1 Å². The molecule has 0 atom stereocenters. The average molecular weight is 508 g/mol. The smallest absolute Gasteiger partial charge is 0.313 e. The van der Waals surface area contributed by atoms with E-state index in [1.54, 1.807) is 10.6 Å². The van der Waals surface area contributed by atoms with Crippen molar-refractivity contribution in [3.05, 3.63) is 96.7 Å². The van der Waals surface area contributed by atoms with Gasteiger partial charge in [0.2, 0.25) is 0 Å². The summed E-state index contributed by atoms with van der Waals surface area (Å²) in [4.78, 5) is 54.1. The van der Waals surface area contributed by atoms with Crippen LogP contribution in [0.1, 0.15) is 11.1 Å². The second kappa shape index (κ2) is 10.8. The van der Waals surface area contributed by atoms with E-state index in [0.29, 0.717) is 23.7 Å². The highest BCUT2D eigenvalue weighted by Gasteiger charge is 2.18. The molecule has 0 aliphatic carbocycles. The van der Waals surface area contributed by atoms with Crippen LogP contribution in [0.25, 0.3) is 11.2 Å². The lowest BCUT2D eigenvalue weighted by atomic mass is 10.1. The molecule has 0 spiro atoms. The highest BCUT2D eigenvalue weighted by atomic mass is 32.2. The molecule has 2 N–H and O–H groups in total. The molecule has 0 unspecified atom stereocenters. The summed E-state index contributed by atoms with van der Waals surface area (Å²) in [6.45, 7) is 0.413. The van der Waals surface area contributed by atoms with Gasteiger partial charge in [-0.15, -0.1) is 0 Å². The van der Waals surface area contributed by atoms with E-state index in [2.05, 4.69) is 20.5 Å². The molecule has 2 heterocycles. The number of hydrogen-bond acceptors (Lipinski definition) is 8. The number of thioether (sulfide) groups is 1. The minimum atomic E-state index is -0.579. The molecule has 0 radical (unpaired) electrons. The molecule has 4 aromatic rings. The monoisotopic (exact) mass is 507 g/mol. The number of H-pyrrole nitrogens is 1. The van der Waals surface area contributed by atoms with Gasteiger partial charge >= 0.3 is 5.69 Å². The molecule has 2 aromatic carbocycles. The van der Waals surface area contributed by atoms with Crippen LogP contribution >= 0.6 is 11.8 Å². The fourth-order valence-electron chi connectivity index (χ4n) is 3.48. The second-order valence-corrected chi connectivity index (χ2v) is 8.65. The topological polar surface area (TPSA) is 157 Å². The van der Waals surface area contributed by atoms with Crippen molar-refractivity contribution in [3.8, 4) is 0 Å². The second-order valence-electron chi connectivity index (χ2n) is 7.71. The zero-order valence-electron chi connectivity index (χ0n) is 19.1. The number of non-ortho nitro benzene ring substituents is 1. The van der Waals surface area contributed by atoms with Crippen LogP contribution in [0.15, 0.2) is 74.4 Å². The van der Waals surface area contributed by atoms with Gasteiger partial charge in [-0.3, -0.25) is 29.3 Å². The molecule has 36 heavy (non-hydrogen) atoms. The van der Waals surface area contributed by atoms with E-state index in [1.165, 1.54) is 36.0 Å². The number of aryl methyl sites for hydroxylation is 3. The van der Waals surface area contributed by atoms with Gasteiger partial charge in [0.1, 0.15) is 0 Å². The van der Waals surface area contributed by atoms with Crippen molar-refractivity contribution in [2.24, 2.45) is 12.1 Å². The van der Waals surface area contributed by atoms with E-state index in [-0.39, 0.29) is 22.6 Å². The van der Waals surface area contributed by atoms with Crippen LogP contribution < -0.4 is 16.7 Å². The van der Waals surface area contributed by atoms with Gasteiger partial charge < -0.3 is 4.57 Å². The minimum Gasteiger partial charge on any atom is -0.313 e. The SMILES string of the molecule is Cn1c(=O)[nH]c(=O)c2c1nc(SCC(=O)N/N=C\c1cccc([N+](=O)[O-])c1)n2CCc1ccccc1. The number of nitrogens with zero attached hydrogens (tertiary/aromatic N) is 5. The van der Waals surface area contributed by atoms with Crippen molar-refractivity contribution in [2.75, 3.05) is 5.75 Å². The predicted molar refractivity (Wildman–Crippen MR) is 135 cm³/mol. The third-order valence-corrected chi connectivity index (χ3v) is 6.23. The zero-order valence-corrected chi connectivity index (χ0v) is 19.9. The lowest BCUT2D eigenvalue weighted by Crippen LogP contribution is -2.29. The van der Waals surface area contributed by atoms with Crippen molar-refractivity contribution >= 4 is 40.7 Å². The van der Waals surface area contributed by atoms with E-state index in [4.69, 9.17) is 0 Å². The summed E-state index contributed by atoms with van der Waals surface area (Å²) >= 11 is 1.10. The number of nitrogens with one attached hydrogen (secondary N) is 2. The quantitative estimate of drug-likeness (QED) is 0.151. The van der Waals surface area contributed by atoms with Crippen LogP contribution in [0.2, 0.25) is 0 Å². The molecule has 0 saturated heterocycles. The molecule has 2 aromatic heterocycles. The number of amides is 1. The number of rotatable bonds is 9. The molecular weight excluding hydrogens is 486 g/mol. The van der Waals surface area contributed by atoms with E-state index in [0.717, 1.165) is 17.3 Å². The predicted octanol–water partition coefficient (Wildman–Crippen LogP) is 1.82. The van der Waals surface area contributed by atoms with E-state index in [1.807, 2.05) is 30.3 Å². The first-order chi connectivity index (χ1) is 17.3. The summed E-state index contributed by atoms with van der Waals surface area (Å²) in [6, 6.07) is 15.5. The fourth-order valence-corrected chi connectivity index (χ4v) is 4.29. The largest absolute Gasteiger partial charge is 0.329 e. The van der Waals surface area contributed by atoms with Crippen molar-refractivity contribution in [2.45, 2.75) is 18.1 Å². The molecule has 0 fully saturated rings. The summed E-state index contributed by atoms with van der Waals surface area (Å²) in [5, 5.41) is 15.1. The van der Waals surface area contributed by atoms with Gasteiger partial charge in [-0.1, -0.05) is 54.2 Å². The maximum Gasteiger partial charge on any atom is 0.329 e. The molecule has 0 saturated carbocycles. The Hall–Kier alpha value is -4.52. The molecule has 13 heteroatoms. The number of fused-ring (bicyclic) bond motifs is 1. The summed E-state index contributed by atoms with van der Waals surface area (Å²) in [6.07, 6.45) is 1.92. The highest BCUT2D eigenvalue weighted by molar-refractivity contribution is 7.99. The molecule has 12 nitrogen and oxygen atoms in total. The van der Waals surface area contributed by atoms with Crippen molar-refractivity contribution < 1.29 is 9.72 Å². The maximum atomic E-state index is 12.6. The number of hydrogen-bond donors (Lipinski definition) is 2. The van der Waals surface area contributed by atoms with Gasteiger partial charge in [0.25, 0.3) is 17.2 Å². The van der Waals surface area contributed by atoms with Crippen molar-refractivity contribution in [3.63, 3.8) is 0 Å². The summed E-state index contributed by atoms with van der Waals surface area (Å²) < 4.78 is 2.95. The molecule has 184 valence electrons. The first-order valence-corrected chi connectivity index (χ1v) is 11.7. The lowest BCUT2D eigenvalue weighted by Gasteiger charge is -2.08. The number of carbonyl (C=O) groups excluding carboxylic acids is 1. The lowest BCUT2D eigenvalue weighted by molar-refractivity contribution is -0.384. The third kappa shape index (κ3) is 5.58. The van der Waals surface area contributed by atoms with Crippen molar-refractivity contribution in [1.29, 1.82) is 0 Å². The summed E-state index contributed by atoms with van der Waals surface area (Å²) in [5.41, 5.74) is 3.15. The molecule has 0 aliphatic heterocycles. The summed E-state index contributed by atoms with van der Waals surface area (Å²) in [7, 11) is 1.51. The number of imidazole rings is 1. The van der Waals surface area contributed by atoms with Gasteiger partial charge in [-0.05, 0) is 12.0 Å². The van der Waals surface area contributed by atoms with E-state index in [9.17, 15) is 24.5 Å². The third-order valence-electron chi connectivity index (χ3n) is 5.26. The Balaban J connectivity index is 1.50. The Labute approximate surface area is 207 Å². The first kappa shape index (κ1) is 24.6. The van der Waals surface area contributed by atoms with Gasteiger partial charge in [0, 0.05) is 31.3 Å². The first-order valence-electron chi connectivity index (χ1n) is 10.8.